The van der Waals surface area contributed by atoms with E-state index in [1.165, 1.54) is 25.4 Å². The number of aromatic nitrogens is 2. The lowest BCUT2D eigenvalue weighted by Gasteiger charge is -2.24. The number of methoxy groups -OCH3 is 1. The predicted octanol–water partition coefficient (Wildman–Crippen LogP) is 2.66. The standard InChI is InChI=1S/C18H20ClF2N5O4S/c1-30-17-13(19)10-12(15(25-17)26-7-2-4-18(20,21)5-8-26)16(27)24-11-3-6-23-14(9-11)31(22,28)29/h3,6,9-10H,2,4-5,7-8H2,1H3,(H2,22,28,29)(H,23,24,27). The third kappa shape index (κ3) is 5.57. The van der Waals surface area contributed by atoms with E-state index >= 15 is 0 Å². The van der Waals surface area contributed by atoms with E-state index in [0.29, 0.717) is 0 Å². The third-order valence-corrected chi connectivity index (χ3v) is 5.74. The zero-order valence-electron chi connectivity index (χ0n) is 16.4. The highest BCUT2D eigenvalue weighted by molar-refractivity contribution is 7.89. The Morgan fingerprint density at radius 2 is 2.06 bits per heavy atom. The molecule has 0 aromatic carbocycles. The van der Waals surface area contributed by atoms with Gasteiger partial charge < -0.3 is 15.0 Å². The number of sulfonamides is 1. The van der Waals surface area contributed by atoms with Gasteiger partial charge in [-0.15, -0.1) is 0 Å². The Morgan fingerprint density at radius 1 is 1.32 bits per heavy atom. The summed E-state index contributed by atoms with van der Waals surface area (Å²) in [5, 5.41) is 7.23. The number of carbonyl (C=O) groups is 1. The maximum Gasteiger partial charge on any atom is 0.259 e. The lowest BCUT2D eigenvalue weighted by Crippen LogP contribution is -2.29. The SMILES string of the molecule is COc1nc(N2CCCC(F)(F)CC2)c(C(=O)Nc2ccnc(S(N)(=O)=O)c2)cc1Cl. The number of pyridine rings is 2. The van der Waals surface area contributed by atoms with Crippen LogP contribution in [0.4, 0.5) is 20.3 Å². The number of hydrogen-bond acceptors (Lipinski definition) is 7. The number of nitrogens with one attached hydrogen (secondary N) is 1. The van der Waals surface area contributed by atoms with Crippen LogP contribution in [0.5, 0.6) is 5.88 Å². The number of nitrogens with two attached hydrogens (primary N) is 1. The van der Waals surface area contributed by atoms with Crippen molar-refractivity contribution < 1.29 is 26.7 Å². The molecule has 31 heavy (non-hydrogen) atoms. The van der Waals surface area contributed by atoms with Gasteiger partial charge in [-0.25, -0.2) is 27.3 Å². The molecule has 0 bridgehead atoms. The van der Waals surface area contributed by atoms with Gasteiger partial charge in [-0.1, -0.05) is 11.6 Å². The van der Waals surface area contributed by atoms with Crippen LogP contribution in [-0.2, 0) is 10.0 Å². The number of hydrogen-bond donors (Lipinski definition) is 2. The first-order chi connectivity index (χ1) is 14.5. The molecule has 0 aliphatic carbocycles. The van der Waals surface area contributed by atoms with Crippen molar-refractivity contribution in [1.29, 1.82) is 0 Å². The van der Waals surface area contributed by atoms with E-state index in [2.05, 4.69) is 15.3 Å². The van der Waals surface area contributed by atoms with Crippen LogP contribution in [0.2, 0.25) is 5.02 Å². The highest BCUT2D eigenvalue weighted by Gasteiger charge is 2.33. The van der Waals surface area contributed by atoms with Crippen molar-refractivity contribution in [3.05, 3.63) is 35.0 Å². The molecule has 3 heterocycles. The van der Waals surface area contributed by atoms with Crippen LogP contribution in [0.15, 0.2) is 29.4 Å². The maximum absolute atomic E-state index is 13.8. The molecule has 1 saturated heterocycles. The van der Waals surface area contributed by atoms with Gasteiger partial charge in [0.05, 0.1) is 12.7 Å². The van der Waals surface area contributed by atoms with Crippen molar-refractivity contribution in [3.8, 4) is 5.88 Å². The average Bonchev–Trinajstić information content (AvgIpc) is 2.88. The third-order valence-electron chi connectivity index (χ3n) is 4.66. The first kappa shape index (κ1) is 23.1. The van der Waals surface area contributed by atoms with Crippen LogP contribution in [-0.4, -0.2) is 50.4 Å². The summed E-state index contributed by atoms with van der Waals surface area (Å²) < 4.78 is 55.7. The fourth-order valence-corrected chi connectivity index (χ4v) is 3.86. The molecule has 0 radical (unpaired) electrons. The van der Waals surface area contributed by atoms with Gasteiger partial charge in [0.25, 0.3) is 15.9 Å². The molecule has 2 aromatic heterocycles. The van der Waals surface area contributed by atoms with Crippen LogP contribution in [0, 0.1) is 0 Å². The topological polar surface area (TPSA) is 128 Å². The molecule has 13 heteroatoms. The fraction of sp³-hybridized carbons (Fsp3) is 0.389. The highest BCUT2D eigenvalue weighted by Crippen LogP contribution is 2.34. The number of carbonyl (C=O) groups excluding carboxylic acids is 1. The van der Waals surface area contributed by atoms with Gasteiger partial charge in [0.15, 0.2) is 5.03 Å². The minimum atomic E-state index is -4.07. The van der Waals surface area contributed by atoms with Crippen LogP contribution < -0.4 is 20.1 Å². The zero-order chi connectivity index (χ0) is 22.8. The first-order valence-electron chi connectivity index (χ1n) is 9.18. The van der Waals surface area contributed by atoms with Gasteiger partial charge in [0.2, 0.25) is 11.8 Å². The Morgan fingerprint density at radius 3 is 2.74 bits per heavy atom. The van der Waals surface area contributed by atoms with Crippen LogP contribution >= 0.6 is 11.6 Å². The molecule has 0 atom stereocenters. The molecule has 9 nitrogen and oxygen atoms in total. The Bertz CT molecular complexity index is 1100. The molecule has 3 rings (SSSR count). The smallest absolute Gasteiger partial charge is 0.259 e. The Balaban J connectivity index is 1.96. The number of ether oxygens (including phenoxy) is 1. The van der Waals surface area contributed by atoms with Crippen molar-refractivity contribution in [2.75, 3.05) is 30.4 Å². The number of primary sulfonamides is 1. The lowest BCUT2D eigenvalue weighted by molar-refractivity contribution is -0.0102. The van der Waals surface area contributed by atoms with Crippen LogP contribution in [0.25, 0.3) is 0 Å². The lowest BCUT2D eigenvalue weighted by atomic mass is 10.1. The molecule has 1 aliphatic rings. The monoisotopic (exact) mass is 475 g/mol. The van der Waals surface area contributed by atoms with Crippen molar-refractivity contribution in [3.63, 3.8) is 0 Å². The maximum atomic E-state index is 13.8. The number of rotatable bonds is 5. The molecule has 0 spiro atoms. The summed E-state index contributed by atoms with van der Waals surface area (Å²) in [6.45, 7) is 0.244. The summed E-state index contributed by atoms with van der Waals surface area (Å²) in [5.41, 5.74) is 0.134. The van der Waals surface area contributed by atoms with E-state index in [0.717, 1.165) is 6.07 Å². The number of amides is 1. The second-order valence-electron chi connectivity index (χ2n) is 6.93. The molecule has 1 aliphatic heterocycles. The largest absolute Gasteiger partial charge is 0.480 e. The van der Waals surface area contributed by atoms with Gasteiger partial charge in [-0.2, -0.15) is 4.98 Å². The van der Waals surface area contributed by atoms with Crippen molar-refractivity contribution in [2.24, 2.45) is 5.14 Å². The van der Waals surface area contributed by atoms with Gasteiger partial charge in [0, 0.05) is 43.9 Å². The summed E-state index contributed by atoms with van der Waals surface area (Å²) in [6, 6.07) is 3.79. The summed E-state index contributed by atoms with van der Waals surface area (Å²) in [7, 11) is -2.73. The molecule has 2 aromatic rings. The minimum absolute atomic E-state index is 0.0180. The van der Waals surface area contributed by atoms with E-state index in [4.69, 9.17) is 21.5 Å². The molecule has 168 valence electrons. The van der Waals surface area contributed by atoms with Gasteiger partial charge in [-0.05, 0) is 18.6 Å². The molecule has 0 saturated carbocycles. The van der Waals surface area contributed by atoms with Crippen molar-refractivity contribution >= 4 is 39.0 Å². The van der Waals surface area contributed by atoms with E-state index in [1.807, 2.05) is 0 Å². The van der Waals surface area contributed by atoms with Gasteiger partial charge in [0.1, 0.15) is 10.8 Å². The summed E-state index contributed by atoms with van der Waals surface area (Å²) in [5.74, 6) is -3.29. The molecule has 3 N–H and O–H groups in total. The number of anilines is 2. The highest BCUT2D eigenvalue weighted by atomic mass is 35.5. The van der Waals surface area contributed by atoms with E-state index in [-0.39, 0.29) is 60.3 Å². The minimum Gasteiger partial charge on any atom is -0.480 e. The van der Waals surface area contributed by atoms with Crippen LogP contribution in [0.3, 0.4) is 0 Å². The Labute approximate surface area is 182 Å². The fourth-order valence-electron chi connectivity index (χ4n) is 3.13. The molecule has 1 amide bonds. The van der Waals surface area contributed by atoms with Crippen LogP contribution in [0.1, 0.15) is 29.6 Å². The Hall–Kier alpha value is -2.57. The summed E-state index contributed by atoms with van der Waals surface area (Å²) in [4.78, 5) is 22.5. The van der Waals surface area contributed by atoms with Crippen molar-refractivity contribution in [1.82, 2.24) is 9.97 Å². The molecular weight excluding hydrogens is 456 g/mol. The quantitative estimate of drug-likeness (QED) is 0.680. The zero-order valence-corrected chi connectivity index (χ0v) is 18.0. The normalized spacial score (nSPS) is 16.5. The van der Waals surface area contributed by atoms with Gasteiger partial charge >= 0.3 is 0 Å². The van der Waals surface area contributed by atoms with E-state index < -0.39 is 26.9 Å². The second kappa shape index (κ2) is 8.89. The number of alkyl halides is 2. The summed E-state index contributed by atoms with van der Waals surface area (Å²) >= 11 is 6.14. The van der Waals surface area contributed by atoms with E-state index in [9.17, 15) is 22.0 Å². The van der Waals surface area contributed by atoms with Gasteiger partial charge in [-0.3, -0.25) is 4.79 Å². The number of halogens is 3. The predicted molar refractivity (Wildman–Crippen MR) is 110 cm³/mol. The van der Waals surface area contributed by atoms with E-state index in [1.54, 1.807) is 4.90 Å². The molecular formula is C18H20ClF2N5O4S. The second-order valence-corrected chi connectivity index (χ2v) is 8.84. The molecule has 0 unspecified atom stereocenters. The average molecular weight is 476 g/mol. The first-order valence-corrected chi connectivity index (χ1v) is 11.1. The molecule has 1 fully saturated rings. The summed E-state index contributed by atoms with van der Waals surface area (Å²) in [6.07, 6.45) is 0.737. The van der Waals surface area contributed by atoms with Crippen molar-refractivity contribution in [2.45, 2.75) is 30.2 Å². The number of nitrogens with zero attached hydrogens (tertiary/aromatic N) is 3. The Kier molecular flexibility index (Phi) is 6.62.